The van der Waals surface area contributed by atoms with Crippen LogP contribution >= 0.6 is 0 Å². The summed E-state index contributed by atoms with van der Waals surface area (Å²) in [5, 5.41) is 2.62. The van der Waals surface area contributed by atoms with E-state index in [0.717, 1.165) is 0 Å². The van der Waals surface area contributed by atoms with Gasteiger partial charge < -0.3 is 10.1 Å². The van der Waals surface area contributed by atoms with Crippen LogP contribution in [0.2, 0.25) is 0 Å². The van der Waals surface area contributed by atoms with Gasteiger partial charge in [-0.1, -0.05) is 18.2 Å². The van der Waals surface area contributed by atoms with Gasteiger partial charge in [0.15, 0.2) is 0 Å². The summed E-state index contributed by atoms with van der Waals surface area (Å²) in [6.07, 6.45) is 0. The van der Waals surface area contributed by atoms with Crippen molar-refractivity contribution in [2.75, 3.05) is 11.9 Å². The van der Waals surface area contributed by atoms with Gasteiger partial charge in [0.2, 0.25) is 5.91 Å². The Morgan fingerprint density at radius 3 is 2.28 bits per heavy atom. The van der Waals surface area contributed by atoms with Crippen molar-refractivity contribution in [3.05, 3.63) is 59.7 Å². The molecule has 2 rings (SSSR count). The molecule has 0 saturated carbocycles. The van der Waals surface area contributed by atoms with Crippen molar-refractivity contribution in [2.45, 2.75) is 13.8 Å². The predicted molar refractivity (Wildman–Crippen MR) is 93.3 cm³/mol. The number of carbonyl (C=O) groups excluding carboxylic acids is 3. The van der Waals surface area contributed by atoms with Crippen LogP contribution in [0.1, 0.15) is 34.6 Å². The van der Waals surface area contributed by atoms with Crippen LogP contribution in [0.5, 0.6) is 5.75 Å². The van der Waals surface area contributed by atoms with E-state index in [1.54, 1.807) is 49.4 Å². The molecule has 0 unspecified atom stereocenters. The van der Waals surface area contributed by atoms with E-state index in [-0.39, 0.29) is 11.5 Å². The molecule has 2 aromatic carbocycles. The summed E-state index contributed by atoms with van der Waals surface area (Å²) in [5.41, 5.74) is 5.88. The lowest BCUT2D eigenvalue weighted by molar-refractivity contribution is -0.114. The fraction of sp³-hybridized carbons (Fsp3) is 0.167. The molecule has 0 aliphatic carbocycles. The zero-order chi connectivity index (χ0) is 18.2. The Morgan fingerprint density at radius 2 is 1.64 bits per heavy atom. The summed E-state index contributed by atoms with van der Waals surface area (Å²) in [5.74, 6) is -0.876. The standard InChI is InChI=1S/C18H19N3O4/c1-3-25-16-11-14(19-12(2)22)9-10-15(16)18(24)21-20-17(23)13-7-5-4-6-8-13/h4-11H,3H2,1-2H3,(H,19,22)(H,20,23)(H,21,24). The molecule has 0 heterocycles. The minimum absolute atomic E-state index is 0.227. The van der Waals surface area contributed by atoms with Gasteiger partial charge in [0.25, 0.3) is 11.8 Å². The van der Waals surface area contributed by atoms with E-state index < -0.39 is 11.8 Å². The highest BCUT2D eigenvalue weighted by Gasteiger charge is 2.15. The maximum absolute atomic E-state index is 12.3. The smallest absolute Gasteiger partial charge is 0.273 e. The molecule has 7 heteroatoms. The molecule has 2 aromatic rings. The molecule has 0 aromatic heterocycles. The van der Waals surface area contributed by atoms with Gasteiger partial charge in [0, 0.05) is 24.2 Å². The Hall–Kier alpha value is -3.35. The number of hydrogen-bond donors (Lipinski definition) is 3. The molecular formula is C18H19N3O4. The largest absolute Gasteiger partial charge is 0.493 e. The molecule has 0 aliphatic heterocycles. The molecule has 0 fully saturated rings. The number of rotatable bonds is 5. The first-order valence-corrected chi connectivity index (χ1v) is 7.71. The molecule has 3 N–H and O–H groups in total. The first-order valence-electron chi connectivity index (χ1n) is 7.71. The van der Waals surface area contributed by atoms with Crippen molar-refractivity contribution >= 4 is 23.4 Å². The first-order chi connectivity index (χ1) is 12.0. The summed E-state index contributed by atoms with van der Waals surface area (Å²) in [6, 6.07) is 13.2. The summed E-state index contributed by atoms with van der Waals surface area (Å²) < 4.78 is 5.45. The Balaban J connectivity index is 2.09. The van der Waals surface area contributed by atoms with Crippen molar-refractivity contribution in [2.24, 2.45) is 0 Å². The summed E-state index contributed by atoms with van der Waals surface area (Å²) in [6.45, 7) is 3.52. The van der Waals surface area contributed by atoms with Crippen molar-refractivity contribution < 1.29 is 19.1 Å². The quantitative estimate of drug-likeness (QED) is 0.726. The molecule has 0 spiro atoms. The molecule has 25 heavy (non-hydrogen) atoms. The number of nitrogens with one attached hydrogen (secondary N) is 3. The van der Waals surface area contributed by atoms with Crippen LogP contribution in [-0.2, 0) is 4.79 Å². The van der Waals surface area contributed by atoms with E-state index in [2.05, 4.69) is 16.2 Å². The average Bonchev–Trinajstić information content (AvgIpc) is 2.60. The fourth-order valence-corrected chi connectivity index (χ4v) is 2.11. The van der Waals surface area contributed by atoms with Gasteiger partial charge in [-0.05, 0) is 31.2 Å². The molecule has 3 amide bonds. The highest BCUT2D eigenvalue weighted by atomic mass is 16.5. The van der Waals surface area contributed by atoms with Crippen LogP contribution in [0.15, 0.2) is 48.5 Å². The number of hydrogen-bond acceptors (Lipinski definition) is 4. The minimum Gasteiger partial charge on any atom is -0.493 e. The maximum Gasteiger partial charge on any atom is 0.273 e. The number of carbonyl (C=O) groups is 3. The second-order valence-electron chi connectivity index (χ2n) is 5.10. The van der Waals surface area contributed by atoms with Crippen molar-refractivity contribution in [1.29, 1.82) is 0 Å². The fourth-order valence-electron chi connectivity index (χ4n) is 2.11. The van der Waals surface area contributed by atoms with Gasteiger partial charge in [0.1, 0.15) is 5.75 Å². The van der Waals surface area contributed by atoms with Crippen LogP contribution in [0.4, 0.5) is 5.69 Å². The van der Waals surface area contributed by atoms with Crippen molar-refractivity contribution in [3.63, 3.8) is 0 Å². The van der Waals surface area contributed by atoms with Gasteiger partial charge in [-0.25, -0.2) is 0 Å². The van der Waals surface area contributed by atoms with Gasteiger partial charge >= 0.3 is 0 Å². The van der Waals surface area contributed by atoms with E-state index in [4.69, 9.17) is 4.74 Å². The van der Waals surface area contributed by atoms with Crippen LogP contribution in [0, 0.1) is 0 Å². The average molecular weight is 341 g/mol. The molecule has 7 nitrogen and oxygen atoms in total. The van der Waals surface area contributed by atoms with E-state index in [1.807, 2.05) is 0 Å². The molecule has 0 bridgehead atoms. The predicted octanol–water partition coefficient (Wildman–Crippen LogP) is 2.12. The SMILES string of the molecule is CCOc1cc(NC(C)=O)ccc1C(=O)NNC(=O)c1ccccc1. The first kappa shape index (κ1) is 18.0. The topological polar surface area (TPSA) is 96.5 Å². The summed E-state index contributed by atoms with van der Waals surface area (Å²) in [7, 11) is 0. The van der Waals surface area contributed by atoms with E-state index in [0.29, 0.717) is 23.6 Å². The highest BCUT2D eigenvalue weighted by molar-refractivity contribution is 6.01. The Bertz CT molecular complexity index is 775. The normalized spacial score (nSPS) is 9.84. The lowest BCUT2D eigenvalue weighted by Crippen LogP contribution is -2.41. The number of anilines is 1. The highest BCUT2D eigenvalue weighted by Crippen LogP contribution is 2.23. The number of benzene rings is 2. The third-order valence-corrected chi connectivity index (χ3v) is 3.17. The second kappa shape index (κ2) is 8.49. The third kappa shape index (κ3) is 5.07. The van der Waals surface area contributed by atoms with Gasteiger partial charge in [-0.2, -0.15) is 0 Å². The number of amides is 3. The van der Waals surface area contributed by atoms with Crippen molar-refractivity contribution in [3.8, 4) is 5.75 Å². The Kier molecular flexibility index (Phi) is 6.11. The van der Waals surface area contributed by atoms with Crippen LogP contribution in [0.25, 0.3) is 0 Å². The van der Waals surface area contributed by atoms with Gasteiger partial charge in [-0.15, -0.1) is 0 Å². The van der Waals surface area contributed by atoms with Crippen LogP contribution in [0.3, 0.4) is 0 Å². The number of hydrazine groups is 1. The van der Waals surface area contributed by atoms with E-state index >= 15 is 0 Å². The maximum atomic E-state index is 12.3. The second-order valence-corrected chi connectivity index (χ2v) is 5.10. The summed E-state index contributed by atoms with van der Waals surface area (Å²) >= 11 is 0. The van der Waals surface area contributed by atoms with E-state index in [1.165, 1.54) is 13.0 Å². The van der Waals surface area contributed by atoms with Crippen LogP contribution in [-0.4, -0.2) is 24.3 Å². The minimum atomic E-state index is -0.526. The third-order valence-electron chi connectivity index (χ3n) is 3.17. The van der Waals surface area contributed by atoms with Crippen molar-refractivity contribution in [1.82, 2.24) is 10.9 Å². The van der Waals surface area contributed by atoms with E-state index in [9.17, 15) is 14.4 Å². The molecule has 0 aliphatic rings. The zero-order valence-electron chi connectivity index (χ0n) is 14.0. The lowest BCUT2D eigenvalue weighted by Gasteiger charge is -2.13. The van der Waals surface area contributed by atoms with Gasteiger partial charge in [0.05, 0.1) is 12.2 Å². The lowest BCUT2D eigenvalue weighted by atomic mass is 10.1. The molecule has 0 saturated heterocycles. The monoisotopic (exact) mass is 341 g/mol. The summed E-state index contributed by atoms with van der Waals surface area (Å²) in [4.78, 5) is 35.4. The Morgan fingerprint density at radius 1 is 0.960 bits per heavy atom. The molecular weight excluding hydrogens is 322 g/mol. The van der Waals surface area contributed by atoms with Gasteiger partial charge in [-0.3, -0.25) is 25.2 Å². The van der Waals surface area contributed by atoms with Crippen LogP contribution < -0.4 is 20.9 Å². The molecule has 0 atom stereocenters. The zero-order valence-corrected chi connectivity index (χ0v) is 14.0. The Labute approximate surface area is 145 Å². The molecule has 130 valence electrons. The molecule has 0 radical (unpaired) electrons. The number of ether oxygens (including phenoxy) is 1.